The number of β-lactam (4-membered cyclic amide) rings is 1. The van der Waals surface area contributed by atoms with Crippen molar-refractivity contribution in [2.45, 2.75) is 45.9 Å². The second-order valence-corrected chi connectivity index (χ2v) is 5.78. The Bertz CT molecular complexity index is 536. The maximum absolute atomic E-state index is 12.1. The highest BCUT2D eigenvalue weighted by Crippen LogP contribution is 2.47. The molecule has 2 N–H and O–H groups in total. The molecule has 0 unspecified atom stereocenters. The molecule has 2 aliphatic heterocycles. The molecule has 0 aliphatic carbocycles. The van der Waals surface area contributed by atoms with Crippen LogP contribution in [0.1, 0.15) is 27.7 Å². The number of hydrogen-bond donors (Lipinski definition) is 2. The Morgan fingerprint density at radius 2 is 1.86 bits per heavy atom. The highest BCUT2D eigenvalue weighted by Gasteiger charge is 2.61. The van der Waals surface area contributed by atoms with Crippen LogP contribution in [0.5, 0.6) is 0 Å². The van der Waals surface area contributed by atoms with Gasteiger partial charge in [0.1, 0.15) is 5.70 Å². The van der Waals surface area contributed by atoms with Crippen LogP contribution in [0.15, 0.2) is 11.3 Å². The lowest BCUT2D eigenvalue weighted by Crippen LogP contribution is -2.63. The van der Waals surface area contributed by atoms with Gasteiger partial charge in [0.25, 0.3) is 0 Å². The minimum atomic E-state index is -1.34. The SMILES string of the molecule is CC(C)OC(=O)C1=C(C(=O)O)N2C(=O)[C@H]([C@@H](C)O)[C@H]2[C@@H]1C. The van der Waals surface area contributed by atoms with E-state index in [9.17, 15) is 24.6 Å². The third-order valence-corrected chi connectivity index (χ3v) is 3.94. The Balaban J connectivity index is 2.41. The standard InChI is InChI=1S/C14H19NO6/c1-5(2)21-14(20)8-6(3)10-9(7(4)16)12(17)15(10)11(8)13(18)19/h5-7,9-10,16H,1-4H3,(H,18,19)/t6-,7-,9-,10-/m1/s1. The molecule has 0 aromatic carbocycles. The first-order valence-corrected chi connectivity index (χ1v) is 6.88. The molecule has 0 radical (unpaired) electrons. The summed E-state index contributed by atoms with van der Waals surface area (Å²) in [5, 5.41) is 19.0. The molecule has 7 nitrogen and oxygen atoms in total. The quantitative estimate of drug-likeness (QED) is 0.565. The predicted octanol–water partition coefficient (Wildman–Crippen LogP) is 0.134. The molecule has 1 fully saturated rings. The Kier molecular flexibility index (Phi) is 3.79. The molecule has 0 bridgehead atoms. The molecule has 2 heterocycles. The number of fused-ring (bicyclic) bond motifs is 1. The maximum Gasteiger partial charge on any atom is 0.353 e. The highest BCUT2D eigenvalue weighted by atomic mass is 16.5. The van der Waals surface area contributed by atoms with Crippen LogP contribution in [-0.2, 0) is 19.1 Å². The van der Waals surface area contributed by atoms with Crippen molar-refractivity contribution in [3.05, 3.63) is 11.3 Å². The highest BCUT2D eigenvalue weighted by molar-refractivity contribution is 6.07. The fourth-order valence-electron chi connectivity index (χ4n) is 3.11. The summed E-state index contributed by atoms with van der Waals surface area (Å²) in [7, 11) is 0. The van der Waals surface area contributed by atoms with Crippen molar-refractivity contribution in [2.75, 3.05) is 0 Å². The average Bonchev–Trinajstić information content (AvgIpc) is 2.57. The van der Waals surface area contributed by atoms with Crippen LogP contribution in [0, 0.1) is 11.8 Å². The normalized spacial score (nSPS) is 29.3. The molecule has 0 saturated carbocycles. The van der Waals surface area contributed by atoms with E-state index in [1.165, 1.54) is 6.92 Å². The summed E-state index contributed by atoms with van der Waals surface area (Å²) in [6, 6.07) is -0.502. The van der Waals surface area contributed by atoms with Gasteiger partial charge in [-0.05, 0) is 20.8 Å². The number of nitrogens with zero attached hydrogens (tertiary/aromatic N) is 1. The molecule has 0 aromatic rings. The van der Waals surface area contributed by atoms with Crippen molar-refractivity contribution in [3.8, 4) is 0 Å². The van der Waals surface area contributed by atoms with E-state index in [2.05, 4.69) is 0 Å². The third kappa shape index (κ3) is 2.21. The van der Waals surface area contributed by atoms with Gasteiger partial charge in [-0.25, -0.2) is 9.59 Å². The van der Waals surface area contributed by atoms with E-state index in [1.807, 2.05) is 0 Å². The van der Waals surface area contributed by atoms with Crippen LogP contribution in [-0.4, -0.2) is 51.2 Å². The Morgan fingerprint density at radius 1 is 1.29 bits per heavy atom. The summed E-state index contributed by atoms with van der Waals surface area (Å²) in [6.45, 7) is 6.48. The summed E-state index contributed by atoms with van der Waals surface area (Å²) in [4.78, 5) is 36.7. The molecule has 0 spiro atoms. The summed E-state index contributed by atoms with van der Waals surface area (Å²) in [5.41, 5.74) is -0.322. The van der Waals surface area contributed by atoms with Gasteiger partial charge in [-0.3, -0.25) is 4.79 Å². The number of carbonyl (C=O) groups is 3. The van der Waals surface area contributed by atoms with Crippen LogP contribution in [0.25, 0.3) is 0 Å². The van der Waals surface area contributed by atoms with E-state index in [-0.39, 0.29) is 17.4 Å². The monoisotopic (exact) mass is 297 g/mol. The fraction of sp³-hybridized carbons (Fsp3) is 0.643. The van der Waals surface area contributed by atoms with E-state index in [1.54, 1.807) is 20.8 Å². The largest absolute Gasteiger partial charge is 0.477 e. The van der Waals surface area contributed by atoms with Crippen LogP contribution in [0.2, 0.25) is 0 Å². The van der Waals surface area contributed by atoms with Crippen molar-refractivity contribution in [3.63, 3.8) is 0 Å². The van der Waals surface area contributed by atoms with Crippen molar-refractivity contribution < 1.29 is 29.3 Å². The van der Waals surface area contributed by atoms with Crippen LogP contribution in [0.4, 0.5) is 0 Å². The van der Waals surface area contributed by atoms with E-state index < -0.39 is 41.8 Å². The molecular formula is C14H19NO6. The molecular weight excluding hydrogens is 278 g/mol. The van der Waals surface area contributed by atoms with E-state index in [4.69, 9.17) is 4.74 Å². The van der Waals surface area contributed by atoms with Crippen molar-refractivity contribution in [2.24, 2.45) is 11.8 Å². The second-order valence-electron chi connectivity index (χ2n) is 5.78. The average molecular weight is 297 g/mol. The van der Waals surface area contributed by atoms with E-state index in [0.717, 1.165) is 4.90 Å². The maximum atomic E-state index is 12.1. The lowest BCUT2D eigenvalue weighted by molar-refractivity contribution is -0.163. The summed E-state index contributed by atoms with van der Waals surface area (Å²) >= 11 is 0. The predicted molar refractivity (Wildman–Crippen MR) is 70.9 cm³/mol. The van der Waals surface area contributed by atoms with Crippen LogP contribution in [0.3, 0.4) is 0 Å². The van der Waals surface area contributed by atoms with E-state index >= 15 is 0 Å². The summed E-state index contributed by atoms with van der Waals surface area (Å²) in [5.74, 6) is -3.69. The first kappa shape index (κ1) is 15.5. The zero-order valence-electron chi connectivity index (χ0n) is 12.4. The van der Waals surface area contributed by atoms with Gasteiger partial charge in [-0.1, -0.05) is 6.92 Å². The lowest BCUT2D eigenvalue weighted by Gasteiger charge is -2.46. The van der Waals surface area contributed by atoms with Gasteiger partial charge in [-0.15, -0.1) is 0 Å². The molecule has 7 heteroatoms. The molecule has 2 rings (SSSR count). The first-order chi connectivity index (χ1) is 9.68. The number of rotatable bonds is 4. The Hall–Kier alpha value is -1.89. The molecule has 1 amide bonds. The zero-order valence-corrected chi connectivity index (χ0v) is 12.4. The summed E-state index contributed by atoms with van der Waals surface area (Å²) < 4.78 is 5.08. The number of aliphatic hydroxyl groups excluding tert-OH is 1. The van der Waals surface area contributed by atoms with Gasteiger partial charge < -0.3 is 19.8 Å². The fourth-order valence-corrected chi connectivity index (χ4v) is 3.11. The van der Waals surface area contributed by atoms with Gasteiger partial charge in [0.05, 0.1) is 29.7 Å². The van der Waals surface area contributed by atoms with Crippen LogP contribution >= 0.6 is 0 Å². The lowest BCUT2D eigenvalue weighted by atomic mass is 9.78. The van der Waals surface area contributed by atoms with Gasteiger partial charge in [-0.2, -0.15) is 0 Å². The number of carbonyl (C=O) groups excluding carboxylic acids is 2. The molecule has 0 aromatic heterocycles. The molecule has 2 aliphatic rings. The minimum absolute atomic E-state index is 0.00213. The number of aliphatic hydroxyl groups is 1. The Morgan fingerprint density at radius 3 is 2.29 bits per heavy atom. The first-order valence-electron chi connectivity index (χ1n) is 6.88. The smallest absolute Gasteiger partial charge is 0.353 e. The number of carboxylic acids is 1. The van der Waals surface area contributed by atoms with Crippen molar-refractivity contribution >= 4 is 17.8 Å². The number of ether oxygens (including phenoxy) is 1. The number of amides is 1. The zero-order chi connectivity index (χ0) is 16.1. The number of aliphatic carboxylic acids is 1. The van der Waals surface area contributed by atoms with Gasteiger partial charge >= 0.3 is 11.9 Å². The van der Waals surface area contributed by atoms with Crippen molar-refractivity contribution in [1.82, 2.24) is 4.90 Å². The minimum Gasteiger partial charge on any atom is -0.477 e. The molecule has 116 valence electrons. The second kappa shape index (κ2) is 5.14. The van der Waals surface area contributed by atoms with E-state index in [0.29, 0.717) is 0 Å². The number of carboxylic acid groups (broad SMARTS) is 1. The number of hydrogen-bond acceptors (Lipinski definition) is 5. The van der Waals surface area contributed by atoms with Gasteiger partial charge in [0.15, 0.2) is 0 Å². The van der Waals surface area contributed by atoms with Crippen LogP contribution < -0.4 is 0 Å². The third-order valence-electron chi connectivity index (χ3n) is 3.94. The molecule has 1 saturated heterocycles. The van der Waals surface area contributed by atoms with Gasteiger partial charge in [0, 0.05) is 5.92 Å². The molecule has 21 heavy (non-hydrogen) atoms. The topological polar surface area (TPSA) is 104 Å². The molecule has 4 atom stereocenters. The number of esters is 1. The Labute approximate surface area is 122 Å². The van der Waals surface area contributed by atoms with Gasteiger partial charge in [0.2, 0.25) is 5.91 Å². The summed E-state index contributed by atoms with van der Waals surface area (Å²) in [6.07, 6.45) is -1.28. The van der Waals surface area contributed by atoms with Crippen molar-refractivity contribution in [1.29, 1.82) is 0 Å².